The summed E-state index contributed by atoms with van der Waals surface area (Å²) in [6.45, 7) is 0.221. The third-order valence-electron chi connectivity index (χ3n) is 2.74. The van der Waals surface area contributed by atoms with Crippen molar-refractivity contribution in [1.29, 1.82) is 0 Å². The van der Waals surface area contributed by atoms with Crippen molar-refractivity contribution < 1.29 is 9.90 Å². The first-order valence-corrected chi connectivity index (χ1v) is 8.00. The molecule has 3 nitrogen and oxygen atoms in total. The number of nitrogens with one attached hydrogen (secondary N) is 1. The van der Waals surface area contributed by atoms with Crippen molar-refractivity contribution in [2.24, 2.45) is 0 Å². The molecule has 0 unspecified atom stereocenters. The lowest BCUT2D eigenvalue weighted by molar-refractivity contribution is 0.0913. The molecule has 0 saturated heterocycles. The number of rotatable bonds is 5. The molecule has 0 aliphatic heterocycles. The number of carbonyl (C=O) groups is 1. The van der Waals surface area contributed by atoms with Crippen molar-refractivity contribution in [3.8, 4) is 0 Å². The summed E-state index contributed by atoms with van der Waals surface area (Å²) >= 11 is 3.06. The number of thiophene rings is 1. The lowest BCUT2D eigenvalue weighted by atomic mass is 10.2. The second-order valence-electron chi connectivity index (χ2n) is 3.98. The van der Waals surface area contributed by atoms with E-state index in [9.17, 15) is 9.90 Å². The third-order valence-corrected chi connectivity index (χ3v) is 4.23. The molecule has 2 rings (SSSR count). The number of hydrogen-bond donors (Lipinski definition) is 2. The van der Waals surface area contributed by atoms with E-state index in [1.165, 1.54) is 23.1 Å². The van der Waals surface area contributed by atoms with Crippen molar-refractivity contribution in [3.05, 3.63) is 52.2 Å². The van der Waals surface area contributed by atoms with Gasteiger partial charge in [0.2, 0.25) is 0 Å². The van der Waals surface area contributed by atoms with Gasteiger partial charge < -0.3 is 10.4 Å². The fraction of sp³-hybridized carbons (Fsp3) is 0.214. The molecule has 19 heavy (non-hydrogen) atoms. The minimum absolute atomic E-state index is 0.153. The predicted molar refractivity (Wildman–Crippen MR) is 79.8 cm³/mol. The van der Waals surface area contributed by atoms with E-state index >= 15 is 0 Å². The summed E-state index contributed by atoms with van der Waals surface area (Å²) in [6.07, 6.45) is 1.28. The van der Waals surface area contributed by atoms with E-state index < -0.39 is 6.10 Å². The molecule has 1 aromatic carbocycles. The van der Waals surface area contributed by atoms with Crippen LogP contribution in [0.15, 0.2) is 46.0 Å². The van der Waals surface area contributed by atoms with E-state index in [4.69, 9.17) is 0 Å². The highest BCUT2D eigenvalue weighted by atomic mass is 32.2. The lowest BCUT2D eigenvalue weighted by Gasteiger charge is -2.12. The van der Waals surface area contributed by atoms with E-state index in [0.29, 0.717) is 5.56 Å². The van der Waals surface area contributed by atoms with Gasteiger partial charge in [0.1, 0.15) is 0 Å². The Morgan fingerprint density at radius 3 is 2.89 bits per heavy atom. The van der Waals surface area contributed by atoms with Gasteiger partial charge in [-0.3, -0.25) is 4.79 Å². The maximum atomic E-state index is 12.1. The van der Waals surface area contributed by atoms with E-state index in [1.54, 1.807) is 6.07 Å². The molecule has 1 amide bonds. The summed E-state index contributed by atoms with van der Waals surface area (Å²) in [4.78, 5) is 13.0. The van der Waals surface area contributed by atoms with Gasteiger partial charge in [0.25, 0.3) is 5.91 Å². The van der Waals surface area contributed by atoms with Gasteiger partial charge in [-0.1, -0.05) is 12.1 Å². The van der Waals surface area contributed by atoms with Gasteiger partial charge in [-0.2, -0.15) is 11.3 Å². The van der Waals surface area contributed by atoms with E-state index in [0.717, 1.165) is 10.5 Å². The van der Waals surface area contributed by atoms with Crippen LogP contribution in [0, 0.1) is 0 Å². The first kappa shape index (κ1) is 14.1. The summed E-state index contributed by atoms with van der Waals surface area (Å²) in [5, 5.41) is 16.5. The predicted octanol–water partition coefficient (Wildman–Crippen LogP) is 2.93. The van der Waals surface area contributed by atoms with Crippen LogP contribution >= 0.6 is 23.1 Å². The second-order valence-corrected chi connectivity index (χ2v) is 5.61. The van der Waals surface area contributed by atoms with Crippen LogP contribution in [0.5, 0.6) is 0 Å². The molecule has 5 heteroatoms. The number of amides is 1. The van der Waals surface area contributed by atoms with Crippen molar-refractivity contribution in [1.82, 2.24) is 5.32 Å². The topological polar surface area (TPSA) is 49.3 Å². The molecule has 0 bridgehead atoms. The Morgan fingerprint density at radius 2 is 2.21 bits per heavy atom. The summed E-state index contributed by atoms with van der Waals surface area (Å²) < 4.78 is 0. The lowest BCUT2D eigenvalue weighted by Crippen LogP contribution is -2.28. The van der Waals surface area contributed by atoms with Crippen LogP contribution in [0.25, 0.3) is 0 Å². The maximum Gasteiger partial charge on any atom is 0.252 e. The minimum atomic E-state index is -0.656. The summed E-state index contributed by atoms with van der Waals surface area (Å²) in [6, 6.07) is 9.30. The van der Waals surface area contributed by atoms with Crippen LogP contribution in [-0.2, 0) is 0 Å². The van der Waals surface area contributed by atoms with Crippen LogP contribution in [0.4, 0.5) is 0 Å². The standard InChI is InChI=1S/C14H15NO2S2/c1-18-13-5-3-2-4-11(13)14(17)15-8-12(16)10-6-7-19-9-10/h2-7,9,12,16H,8H2,1H3,(H,15,17)/t12-/m1/s1. The smallest absolute Gasteiger partial charge is 0.252 e. The van der Waals surface area contributed by atoms with Crippen LogP contribution in [0.3, 0.4) is 0 Å². The van der Waals surface area contributed by atoms with Crippen LogP contribution in [-0.4, -0.2) is 23.8 Å². The highest BCUT2D eigenvalue weighted by molar-refractivity contribution is 7.98. The first-order chi connectivity index (χ1) is 9.22. The highest BCUT2D eigenvalue weighted by Crippen LogP contribution is 2.20. The Kier molecular flexibility index (Phi) is 5.01. The molecule has 1 heterocycles. The molecule has 0 aliphatic rings. The fourth-order valence-corrected chi connectivity index (χ4v) is 3.00. The van der Waals surface area contributed by atoms with Gasteiger partial charge >= 0.3 is 0 Å². The van der Waals surface area contributed by atoms with Crippen molar-refractivity contribution >= 4 is 29.0 Å². The zero-order valence-electron chi connectivity index (χ0n) is 10.5. The van der Waals surface area contributed by atoms with Gasteiger partial charge in [-0.05, 0) is 40.8 Å². The average Bonchev–Trinajstić information content (AvgIpc) is 2.98. The van der Waals surface area contributed by atoms with Gasteiger partial charge in [0.05, 0.1) is 11.7 Å². The Balaban J connectivity index is 1.98. The van der Waals surface area contributed by atoms with Gasteiger partial charge in [0.15, 0.2) is 0 Å². The molecular formula is C14H15NO2S2. The van der Waals surface area contributed by atoms with Crippen molar-refractivity contribution in [2.75, 3.05) is 12.8 Å². The number of carbonyl (C=O) groups excluding carboxylic acids is 1. The minimum Gasteiger partial charge on any atom is -0.387 e. The van der Waals surface area contributed by atoms with Gasteiger partial charge in [-0.15, -0.1) is 11.8 Å². The number of thioether (sulfide) groups is 1. The zero-order chi connectivity index (χ0) is 13.7. The third kappa shape index (κ3) is 3.59. The molecule has 0 spiro atoms. The highest BCUT2D eigenvalue weighted by Gasteiger charge is 2.13. The monoisotopic (exact) mass is 293 g/mol. The molecule has 0 fully saturated rings. The molecule has 100 valence electrons. The maximum absolute atomic E-state index is 12.1. The van der Waals surface area contributed by atoms with Gasteiger partial charge in [0, 0.05) is 11.4 Å². The molecule has 0 aliphatic carbocycles. The molecule has 0 saturated carbocycles. The Labute approximate surface area is 120 Å². The Hall–Kier alpha value is -1.30. The average molecular weight is 293 g/mol. The summed E-state index contributed by atoms with van der Waals surface area (Å²) in [5.74, 6) is -0.153. The van der Waals surface area contributed by atoms with Crippen molar-refractivity contribution in [3.63, 3.8) is 0 Å². The number of benzene rings is 1. The van der Waals surface area contributed by atoms with Gasteiger partial charge in [-0.25, -0.2) is 0 Å². The number of aliphatic hydroxyl groups excluding tert-OH is 1. The fourth-order valence-electron chi connectivity index (χ4n) is 1.70. The van der Waals surface area contributed by atoms with E-state index in [-0.39, 0.29) is 12.5 Å². The normalized spacial score (nSPS) is 12.1. The SMILES string of the molecule is CSc1ccccc1C(=O)NC[C@@H](O)c1ccsc1. The molecule has 1 atom stereocenters. The van der Waals surface area contributed by atoms with Crippen molar-refractivity contribution in [2.45, 2.75) is 11.0 Å². The van der Waals surface area contributed by atoms with Crippen LogP contribution in [0.2, 0.25) is 0 Å². The second kappa shape index (κ2) is 6.75. The molecule has 2 N–H and O–H groups in total. The quantitative estimate of drug-likeness (QED) is 0.833. The molecule has 1 aromatic heterocycles. The Morgan fingerprint density at radius 1 is 1.42 bits per heavy atom. The zero-order valence-corrected chi connectivity index (χ0v) is 12.1. The molecule has 0 radical (unpaired) electrons. The summed E-state index contributed by atoms with van der Waals surface area (Å²) in [5.41, 5.74) is 1.48. The summed E-state index contributed by atoms with van der Waals surface area (Å²) in [7, 11) is 0. The van der Waals surface area contributed by atoms with E-state index in [2.05, 4.69) is 5.32 Å². The Bertz CT molecular complexity index is 540. The number of aliphatic hydroxyl groups is 1. The largest absolute Gasteiger partial charge is 0.387 e. The van der Waals surface area contributed by atoms with Crippen LogP contribution in [0.1, 0.15) is 22.0 Å². The molecule has 2 aromatic rings. The molecular weight excluding hydrogens is 278 g/mol. The van der Waals surface area contributed by atoms with Crippen LogP contribution < -0.4 is 5.32 Å². The number of hydrogen-bond acceptors (Lipinski definition) is 4. The van der Waals surface area contributed by atoms with E-state index in [1.807, 2.05) is 41.3 Å². The first-order valence-electron chi connectivity index (χ1n) is 5.83.